The fourth-order valence-electron chi connectivity index (χ4n) is 1.75. The van der Waals surface area contributed by atoms with Crippen molar-refractivity contribution >= 4 is 5.78 Å². The molecule has 0 aromatic rings. The molecule has 1 heterocycles. The van der Waals surface area contributed by atoms with Crippen molar-refractivity contribution < 1.29 is 4.79 Å². The summed E-state index contributed by atoms with van der Waals surface area (Å²) in [4.78, 5) is 11.6. The second-order valence-corrected chi connectivity index (χ2v) is 4.12. The Morgan fingerprint density at radius 3 is 2.69 bits per heavy atom. The van der Waals surface area contributed by atoms with Crippen LogP contribution in [-0.4, -0.2) is 17.9 Å². The number of hydrogen-bond acceptors (Lipinski definition) is 3. The summed E-state index contributed by atoms with van der Waals surface area (Å²) in [6.45, 7) is 6.08. The first-order valence-electron chi connectivity index (χ1n) is 5.20. The SMILES string of the molecule is CCCC1CC(C(=O)C(C)C)NN1. The van der Waals surface area contributed by atoms with Crippen molar-refractivity contribution in [1.29, 1.82) is 0 Å². The lowest BCUT2D eigenvalue weighted by Crippen LogP contribution is -2.39. The minimum atomic E-state index is 0.0385. The molecule has 0 amide bonds. The largest absolute Gasteiger partial charge is 0.298 e. The van der Waals surface area contributed by atoms with Crippen molar-refractivity contribution in [3.05, 3.63) is 0 Å². The van der Waals surface area contributed by atoms with Crippen LogP contribution in [0.4, 0.5) is 0 Å². The van der Waals surface area contributed by atoms with E-state index < -0.39 is 0 Å². The summed E-state index contributed by atoms with van der Waals surface area (Å²) in [6, 6.07) is 0.522. The molecule has 0 aliphatic carbocycles. The first-order valence-corrected chi connectivity index (χ1v) is 5.20. The highest BCUT2D eigenvalue weighted by Gasteiger charge is 2.29. The third-order valence-corrected chi connectivity index (χ3v) is 2.53. The lowest BCUT2D eigenvalue weighted by atomic mass is 9.97. The molecule has 13 heavy (non-hydrogen) atoms. The maximum atomic E-state index is 11.6. The van der Waals surface area contributed by atoms with Crippen LogP contribution in [0.2, 0.25) is 0 Å². The van der Waals surface area contributed by atoms with Gasteiger partial charge in [0.25, 0.3) is 0 Å². The van der Waals surface area contributed by atoms with Crippen LogP contribution in [0, 0.1) is 5.92 Å². The Hall–Kier alpha value is -0.410. The van der Waals surface area contributed by atoms with Gasteiger partial charge in [-0.05, 0) is 12.8 Å². The summed E-state index contributed by atoms with van der Waals surface area (Å²) in [5, 5.41) is 0. The van der Waals surface area contributed by atoms with Gasteiger partial charge in [0.05, 0.1) is 6.04 Å². The Kier molecular flexibility index (Phi) is 3.88. The first kappa shape index (κ1) is 10.7. The average molecular weight is 184 g/mol. The maximum Gasteiger partial charge on any atom is 0.153 e. The van der Waals surface area contributed by atoms with Crippen molar-refractivity contribution in [1.82, 2.24) is 10.9 Å². The number of ketones is 1. The van der Waals surface area contributed by atoms with Crippen LogP contribution in [0.25, 0.3) is 0 Å². The molecule has 0 saturated carbocycles. The molecule has 0 aromatic heterocycles. The van der Waals surface area contributed by atoms with E-state index in [0.717, 1.165) is 12.8 Å². The van der Waals surface area contributed by atoms with Gasteiger partial charge >= 0.3 is 0 Å². The molecule has 76 valence electrons. The van der Waals surface area contributed by atoms with Gasteiger partial charge in [0.1, 0.15) is 0 Å². The molecular formula is C10H20N2O. The van der Waals surface area contributed by atoms with E-state index in [1.807, 2.05) is 13.8 Å². The van der Waals surface area contributed by atoms with Gasteiger partial charge in [-0.2, -0.15) is 0 Å². The Bertz CT molecular complexity index is 180. The topological polar surface area (TPSA) is 41.1 Å². The number of carbonyl (C=O) groups excluding carboxylic acids is 1. The molecule has 0 spiro atoms. The molecule has 2 atom stereocenters. The zero-order valence-corrected chi connectivity index (χ0v) is 8.76. The smallest absolute Gasteiger partial charge is 0.153 e. The molecule has 0 bridgehead atoms. The third-order valence-electron chi connectivity index (χ3n) is 2.53. The molecule has 3 heteroatoms. The van der Waals surface area contributed by atoms with Gasteiger partial charge in [-0.15, -0.1) is 0 Å². The van der Waals surface area contributed by atoms with Gasteiger partial charge in [0, 0.05) is 12.0 Å². The van der Waals surface area contributed by atoms with Crippen molar-refractivity contribution in [3.8, 4) is 0 Å². The van der Waals surface area contributed by atoms with Gasteiger partial charge in [0.2, 0.25) is 0 Å². The summed E-state index contributed by atoms with van der Waals surface area (Å²) in [5.41, 5.74) is 6.25. The quantitative estimate of drug-likeness (QED) is 0.691. The highest BCUT2D eigenvalue weighted by Crippen LogP contribution is 2.13. The maximum absolute atomic E-state index is 11.6. The summed E-state index contributed by atoms with van der Waals surface area (Å²) >= 11 is 0. The normalized spacial score (nSPS) is 28.3. The van der Waals surface area contributed by atoms with E-state index in [4.69, 9.17) is 0 Å². The van der Waals surface area contributed by atoms with Crippen molar-refractivity contribution in [2.45, 2.75) is 52.1 Å². The second kappa shape index (κ2) is 4.72. The highest BCUT2D eigenvalue weighted by molar-refractivity contribution is 5.85. The lowest BCUT2D eigenvalue weighted by Gasteiger charge is -2.10. The second-order valence-electron chi connectivity index (χ2n) is 4.12. The number of carbonyl (C=O) groups is 1. The summed E-state index contributed by atoms with van der Waals surface area (Å²) in [5.74, 6) is 0.464. The van der Waals surface area contributed by atoms with E-state index in [-0.39, 0.29) is 12.0 Å². The molecule has 0 radical (unpaired) electrons. The number of nitrogens with one attached hydrogen (secondary N) is 2. The minimum Gasteiger partial charge on any atom is -0.298 e. The highest BCUT2D eigenvalue weighted by atomic mass is 16.1. The zero-order chi connectivity index (χ0) is 9.84. The van der Waals surface area contributed by atoms with Crippen LogP contribution in [0.3, 0.4) is 0 Å². The van der Waals surface area contributed by atoms with E-state index in [0.29, 0.717) is 11.8 Å². The predicted molar refractivity (Wildman–Crippen MR) is 53.2 cm³/mol. The van der Waals surface area contributed by atoms with Crippen molar-refractivity contribution in [2.75, 3.05) is 0 Å². The van der Waals surface area contributed by atoms with Crippen LogP contribution < -0.4 is 10.9 Å². The number of rotatable bonds is 4. The molecule has 1 fully saturated rings. The Morgan fingerprint density at radius 2 is 2.15 bits per heavy atom. The minimum absolute atomic E-state index is 0.0385. The van der Waals surface area contributed by atoms with Gasteiger partial charge in [-0.3, -0.25) is 10.2 Å². The van der Waals surface area contributed by atoms with Crippen LogP contribution in [0.1, 0.15) is 40.0 Å². The lowest BCUT2D eigenvalue weighted by molar-refractivity contribution is -0.123. The van der Waals surface area contributed by atoms with E-state index >= 15 is 0 Å². The van der Waals surface area contributed by atoms with Crippen LogP contribution in [0.15, 0.2) is 0 Å². The van der Waals surface area contributed by atoms with Gasteiger partial charge in [-0.25, -0.2) is 5.43 Å². The molecule has 1 aliphatic rings. The Morgan fingerprint density at radius 1 is 1.46 bits per heavy atom. The van der Waals surface area contributed by atoms with Crippen molar-refractivity contribution in [3.63, 3.8) is 0 Å². The molecule has 3 nitrogen and oxygen atoms in total. The van der Waals surface area contributed by atoms with E-state index in [1.54, 1.807) is 0 Å². The van der Waals surface area contributed by atoms with Gasteiger partial charge in [0.15, 0.2) is 5.78 Å². The Labute approximate surface area is 80.2 Å². The van der Waals surface area contributed by atoms with E-state index in [2.05, 4.69) is 17.8 Å². The van der Waals surface area contributed by atoms with Gasteiger partial charge < -0.3 is 0 Å². The predicted octanol–water partition coefficient (Wildman–Crippen LogP) is 1.25. The zero-order valence-electron chi connectivity index (χ0n) is 8.76. The van der Waals surface area contributed by atoms with Gasteiger partial charge in [-0.1, -0.05) is 27.2 Å². The molecule has 2 N–H and O–H groups in total. The van der Waals surface area contributed by atoms with E-state index in [9.17, 15) is 4.79 Å². The molecule has 2 unspecified atom stereocenters. The number of hydrogen-bond donors (Lipinski definition) is 2. The fraction of sp³-hybridized carbons (Fsp3) is 0.900. The first-order chi connectivity index (χ1) is 6.15. The number of hydrazine groups is 1. The Balaban J connectivity index is 2.36. The molecular weight excluding hydrogens is 164 g/mol. The molecule has 1 aliphatic heterocycles. The fourth-order valence-corrected chi connectivity index (χ4v) is 1.75. The average Bonchev–Trinajstić information content (AvgIpc) is 2.52. The van der Waals surface area contributed by atoms with Crippen LogP contribution in [0.5, 0.6) is 0 Å². The molecule has 1 rings (SSSR count). The summed E-state index contributed by atoms with van der Waals surface area (Å²) in [6.07, 6.45) is 3.27. The van der Waals surface area contributed by atoms with Crippen LogP contribution in [-0.2, 0) is 4.79 Å². The molecule has 0 aromatic carbocycles. The third kappa shape index (κ3) is 2.78. The monoisotopic (exact) mass is 184 g/mol. The number of Topliss-reactive ketones (excluding diaryl/α,β-unsaturated/α-hetero) is 1. The van der Waals surface area contributed by atoms with Crippen molar-refractivity contribution in [2.24, 2.45) is 5.92 Å². The summed E-state index contributed by atoms with van der Waals surface area (Å²) < 4.78 is 0. The van der Waals surface area contributed by atoms with Crippen LogP contribution >= 0.6 is 0 Å². The van der Waals surface area contributed by atoms with E-state index in [1.165, 1.54) is 6.42 Å². The summed E-state index contributed by atoms with van der Waals surface area (Å²) in [7, 11) is 0. The molecule has 1 saturated heterocycles. The standard InChI is InChI=1S/C10H20N2O/c1-4-5-8-6-9(12-11-8)10(13)7(2)3/h7-9,11-12H,4-6H2,1-3H3.